The first-order valence-electron chi connectivity index (χ1n) is 8.93. The van der Waals surface area contributed by atoms with E-state index >= 15 is 0 Å². The van der Waals surface area contributed by atoms with E-state index in [-0.39, 0.29) is 12.1 Å². The summed E-state index contributed by atoms with van der Waals surface area (Å²) >= 11 is 0. The molecule has 2 heterocycles. The predicted octanol–water partition coefficient (Wildman–Crippen LogP) is 2.58. The van der Waals surface area contributed by atoms with E-state index in [9.17, 15) is 4.79 Å². The second-order valence-electron chi connectivity index (χ2n) is 6.20. The number of anilines is 1. The number of carbonyl (C=O) groups is 1. The molecule has 0 unspecified atom stereocenters. The molecule has 3 rings (SSSR count). The maximum atomic E-state index is 12.6. The molecule has 1 N–H and O–H groups in total. The van der Waals surface area contributed by atoms with E-state index in [1.807, 2.05) is 0 Å². The summed E-state index contributed by atoms with van der Waals surface area (Å²) in [4.78, 5) is 22.3. The highest BCUT2D eigenvalue weighted by Crippen LogP contribution is 2.40. The number of ether oxygens (including phenoxy) is 4. The number of aromatic nitrogens is 2. The monoisotopic (exact) mass is 388 g/mol. The zero-order valence-electron chi connectivity index (χ0n) is 16.2. The number of carbonyl (C=O) groups excluding carboxylic acids is 1. The van der Waals surface area contributed by atoms with Crippen molar-refractivity contribution >= 4 is 11.7 Å². The fourth-order valence-corrected chi connectivity index (χ4v) is 3.05. The Kier molecular flexibility index (Phi) is 6.36. The van der Waals surface area contributed by atoms with Gasteiger partial charge in [-0.15, -0.1) is 0 Å². The van der Waals surface area contributed by atoms with Crippen LogP contribution < -0.4 is 24.3 Å². The number of hydrogen-bond donors (Lipinski definition) is 1. The molecule has 0 saturated carbocycles. The highest BCUT2D eigenvalue weighted by molar-refractivity contribution is 5.90. The van der Waals surface area contributed by atoms with E-state index in [0.717, 1.165) is 12.8 Å². The molecule has 0 radical (unpaired) electrons. The Morgan fingerprint density at radius 3 is 2.32 bits per heavy atom. The van der Waals surface area contributed by atoms with Gasteiger partial charge in [0.15, 0.2) is 11.5 Å². The van der Waals surface area contributed by atoms with E-state index in [1.165, 1.54) is 27.7 Å². The number of benzene rings is 1. The van der Waals surface area contributed by atoms with Crippen LogP contribution >= 0.6 is 0 Å². The molecule has 1 aromatic heterocycles. The van der Waals surface area contributed by atoms with E-state index < -0.39 is 0 Å². The van der Waals surface area contributed by atoms with Gasteiger partial charge >= 0.3 is 6.03 Å². The number of piperidine rings is 1. The zero-order valence-corrected chi connectivity index (χ0v) is 16.2. The number of nitrogens with zero attached hydrogens (tertiary/aromatic N) is 3. The van der Waals surface area contributed by atoms with Crippen LogP contribution in [0.15, 0.2) is 30.7 Å². The van der Waals surface area contributed by atoms with Crippen molar-refractivity contribution < 1.29 is 23.7 Å². The van der Waals surface area contributed by atoms with Gasteiger partial charge in [0.1, 0.15) is 12.4 Å². The van der Waals surface area contributed by atoms with Crippen molar-refractivity contribution in [3.63, 3.8) is 0 Å². The number of urea groups is 1. The molecule has 1 saturated heterocycles. The first kappa shape index (κ1) is 19.5. The van der Waals surface area contributed by atoms with Crippen molar-refractivity contribution in [3.8, 4) is 23.1 Å². The number of hydrogen-bond acceptors (Lipinski definition) is 7. The number of nitrogens with one attached hydrogen (secondary N) is 1. The third-order valence-electron chi connectivity index (χ3n) is 4.49. The molecule has 0 spiro atoms. The van der Waals surface area contributed by atoms with Gasteiger partial charge in [0.2, 0.25) is 11.6 Å². The van der Waals surface area contributed by atoms with Gasteiger partial charge in [0.25, 0.3) is 0 Å². The number of methoxy groups -OCH3 is 3. The van der Waals surface area contributed by atoms with Gasteiger partial charge in [-0.05, 0) is 0 Å². The minimum Gasteiger partial charge on any atom is -0.493 e. The summed E-state index contributed by atoms with van der Waals surface area (Å²) in [6.45, 7) is 1.18. The largest absolute Gasteiger partial charge is 0.493 e. The van der Waals surface area contributed by atoms with Crippen molar-refractivity contribution in [2.45, 2.75) is 18.9 Å². The number of amides is 2. The lowest BCUT2D eigenvalue weighted by molar-refractivity contribution is 0.111. The van der Waals surface area contributed by atoms with Gasteiger partial charge < -0.3 is 29.2 Å². The van der Waals surface area contributed by atoms with Crippen LogP contribution in [-0.4, -0.2) is 61.4 Å². The fraction of sp³-hybridized carbons (Fsp3) is 0.421. The second kappa shape index (κ2) is 9.12. The zero-order chi connectivity index (χ0) is 19.9. The lowest BCUT2D eigenvalue weighted by atomic mass is 10.1. The molecule has 1 aliphatic heterocycles. The maximum absolute atomic E-state index is 12.6. The maximum Gasteiger partial charge on any atom is 0.321 e. The minimum atomic E-state index is -0.185. The number of rotatable bonds is 6. The van der Waals surface area contributed by atoms with Crippen LogP contribution in [0.5, 0.6) is 23.1 Å². The summed E-state index contributed by atoms with van der Waals surface area (Å²) < 4.78 is 21.8. The Morgan fingerprint density at radius 2 is 1.79 bits per heavy atom. The predicted molar refractivity (Wildman–Crippen MR) is 102 cm³/mol. The molecule has 0 aliphatic carbocycles. The van der Waals surface area contributed by atoms with Gasteiger partial charge in [-0.25, -0.2) is 14.8 Å². The molecule has 0 atom stereocenters. The molecule has 28 heavy (non-hydrogen) atoms. The van der Waals surface area contributed by atoms with Gasteiger partial charge in [0.05, 0.1) is 27.0 Å². The van der Waals surface area contributed by atoms with Gasteiger partial charge in [-0.2, -0.15) is 0 Å². The lowest BCUT2D eigenvalue weighted by Gasteiger charge is -2.32. The second-order valence-corrected chi connectivity index (χ2v) is 6.20. The summed E-state index contributed by atoms with van der Waals surface area (Å²) in [6, 6.07) is 4.94. The number of likely N-dealkylation sites (tertiary alicyclic amines) is 1. The smallest absolute Gasteiger partial charge is 0.321 e. The van der Waals surface area contributed by atoms with Crippen molar-refractivity contribution in [1.82, 2.24) is 14.9 Å². The SMILES string of the molecule is COc1cc(NC(=O)N2CCC(Oc3ccncn3)CC2)cc(OC)c1OC. The third kappa shape index (κ3) is 4.54. The van der Waals surface area contributed by atoms with Crippen molar-refractivity contribution in [3.05, 3.63) is 30.7 Å². The van der Waals surface area contributed by atoms with E-state index in [1.54, 1.807) is 29.3 Å². The average molecular weight is 388 g/mol. The summed E-state index contributed by atoms with van der Waals surface area (Å²) in [6.07, 6.45) is 4.58. The molecule has 9 nitrogen and oxygen atoms in total. The van der Waals surface area contributed by atoms with Gasteiger partial charge in [-0.3, -0.25) is 0 Å². The topological polar surface area (TPSA) is 95.0 Å². The standard InChI is InChI=1S/C19H24N4O5/c1-25-15-10-13(11-16(26-2)18(15)27-3)22-19(24)23-8-5-14(6-9-23)28-17-4-7-20-12-21-17/h4,7,10-12,14H,5-6,8-9H2,1-3H3,(H,22,24). The van der Waals surface area contributed by atoms with E-state index in [2.05, 4.69) is 15.3 Å². The molecule has 0 bridgehead atoms. The Balaban J connectivity index is 1.58. The Morgan fingerprint density at radius 1 is 1.11 bits per heavy atom. The van der Waals surface area contributed by atoms with E-state index in [0.29, 0.717) is 41.9 Å². The Labute approximate surface area is 163 Å². The van der Waals surface area contributed by atoms with Gasteiger partial charge in [0, 0.05) is 50.3 Å². The van der Waals surface area contributed by atoms with Crippen LogP contribution in [0, 0.1) is 0 Å². The lowest BCUT2D eigenvalue weighted by Crippen LogP contribution is -2.43. The normalized spacial score (nSPS) is 14.3. The van der Waals surface area contributed by atoms with Gasteiger partial charge in [-0.1, -0.05) is 0 Å². The van der Waals surface area contributed by atoms with Crippen LogP contribution in [-0.2, 0) is 0 Å². The molecule has 2 amide bonds. The first-order chi connectivity index (χ1) is 13.6. The van der Waals surface area contributed by atoms with Crippen LogP contribution in [0.4, 0.5) is 10.5 Å². The average Bonchev–Trinajstić information content (AvgIpc) is 2.74. The summed E-state index contributed by atoms with van der Waals surface area (Å²) in [5.74, 6) is 1.99. The molecule has 2 aromatic rings. The Hall–Kier alpha value is -3.23. The Bertz CT molecular complexity index is 769. The molecular formula is C19H24N4O5. The quantitative estimate of drug-likeness (QED) is 0.813. The van der Waals surface area contributed by atoms with Crippen molar-refractivity contribution in [2.24, 2.45) is 0 Å². The molecular weight excluding hydrogens is 364 g/mol. The fourth-order valence-electron chi connectivity index (χ4n) is 3.05. The molecule has 150 valence electrons. The van der Waals surface area contributed by atoms with Crippen LogP contribution in [0.1, 0.15) is 12.8 Å². The summed E-state index contributed by atoms with van der Waals surface area (Å²) in [5, 5.41) is 2.89. The highest BCUT2D eigenvalue weighted by Gasteiger charge is 2.25. The highest BCUT2D eigenvalue weighted by atomic mass is 16.5. The van der Waals surface area contributed by atoms with Crippen molar-refractivity contribution in [1.29, 1.82) is 0 Å². The van der Waals surface area contributed by atoms with Crippen molar-refractivity contribution in [2.75, 3.05) is 39.7 Å². The molecule has 1 fully saturated rings. The molecule has 1 aliphatic rings. The molecule has 1 aromatic carbocycles. The third-order valence-corrected chi connectivity index (χ3v) is 4.49. The first-order valence-corrected chi connectivity index (χ1v) is 8.93. The van der Waals surface area contributed by atoms with Crippen LogP contribution in [0.25, 0.3) is 0 Å². The van der Waals surface area contributed by atoms with Crippen LogP contribution in [0.2, 0.25) is 0 Å². The minimum absolute atomic E-state index is 0.0279. The summed E-state index contributed by atoms with van der Waals surface area (Å²) in [5.41, 5.74) is 0.568. The van der Waals surface area contributed by atoms with Crippen LogP contribution in [0.3, 0.4) is 0 Å². The molecule has 9 heteroatoms. The summed E-state index contributed by atoms with van der Waals surface area (Å²) in [7, 11) is 4.60. The van der Waals surface area contributed by atoms with E-state index in [4.69, 9.17) is 18.9 Å².